The first kappa shape index (κ1) is 20.0. The Morgan fingerprint density at radius 1 is 0.964 bits per heavy atom. The molecular formula is C21H31N7. The molecule has 0 aliphatic carbocycles. The van der Waals surface area contributed by atoms with Gasteiger partial charge in [0.1, 0.15) is 11.6 Å². The highest BCUT2D eigenvalue weighted by Crippen LogP contribution is 2.20. The zero-order valence-electron chi connectivity index (χ0n) is 18.0. The van der Waals surface area contributed by atoms with E-state index in [1.54, 1.807) is 0 Å². The molecule has 1 N–H and O–H groups in total. The number of anilines is 1. The molecule has 0 aliphatic heterocycles. The Kier molecular flexibility index (Phi) is 5.82. The number of nitrogens with one attached hydrogen (secondary N) is 1. The largest absolute Gasteiger partial charge is 0.368 e. The van der Waals surface area contributed by atoms with Crippen LogP contribution >= 0.6 is 0 Å². The van der Waals surface area contributed by atoms with E-state index in [0.29, 0.717) is 0 Å². The van der Waals surface area contributed by atoms with Crippen molar-refractivity contribution in [3.8, 4) is 0 Å². The Bertz CT molecular complexity index is 968. The minimum atomic E-state index is 0.246. The van der Waals surface area contributed by atoms with Crippen LogP contribution in [0.5, 0.6) is 0 Å². The third-order valence-electron chi connectivity index (χ3n) is 5.29. The number of aryl methyl sites for hydroxylation is 4. The van der Waals surface area contributed by atoms with Gasteiger partial charge >= 0.3 is 0 Å². The zero-order chi connectivity index (χ0) is 20.4. The first-order valence-corrected chi connectivity index (χ1v) is 9.85. The lowest BCUT2D eigenvalue weighted by molar-refractivity contribution is 0.519. The molecule has 0 amide bonds. The van der Waals surface area contributed by atoms with E-state index in [9.17, 15) is 0 Å². The standard InChI is InChI=1S/C21H31N7/c1-13(12-28-18(6)16(4)17(5)26-28)20-11-21(24-19(7)23-20)22-8-9-27-15(3)10-14(2)25-27/h10-11,13H,8-9,12H2,1-7H3,(H,22,23,24). The van der Waals surface area contributed by atoms with Crippen LogP contribution < -0.4 is 5.32 Å². The number of hydrogen-bond acceptors (Lipinski definition) is 5. The summed E-state index contributed by atoms with van der Waals surface area (Å²) < 4.78 is 4.10. The van der Waals surface area contributed by atoms with Gasteiger partial charge in [0.2, 0.25) is 0 Å². The SMILES string of the molecule is Cc1cc(C)n(CCNc2cc(C(C)Cn3nc(C)c(C)c3C)nc(C)n2)n1. The fraction of sp³-hybridized carbons (Fsp3) is 0.524. The first-order chi connectivity index (χ1) is 13.2. The maximum atomic E-state index is 4.66. The first-order valence-electron chi connectivity index (χ1n) is 9.85. The third kappa shape index (κ3) is 4.40. The number of rotatable bonds is 7. The summed E-state index contributed by atoms with van der Waals surface area (Å²) in [6.45, 7) is 16.9. The minimum absolute atomic E-state index is 0.246. The molecule has 0 aliphatic rings. The second-order valence-corrected chi connectivity index (χ2v) is 7.68. The summed E-state index contributed by atoms with van der Waals surface area (Å²) in [6.07, 6.45) is 0. The van der Waals surface area contributed by atoms with Gasteiger partial charge in [-0.25, -0.2) is 9.97 Å². The van der Waals surface area contributed by atoms with Crippen molar-refractivity contribution < 1.29 is 0 Å². The Morgan fingerprint density at radius 3 is 2.32 bits per heavy atom. The molecule has 3 aromatic rings. The van der Waals surface area contributed by atoms with Crippen LogP contribution in [-0.4, -0.2) is 36.1 Å². The molecule has 1 unspecified atom stereocenters. The molecule has 3 aromatic heterocycles. The summed E-state index contributed by atoms with van der Waals surface area (Å²) in [6, 6.07) is 4.15. The molecule has 0 saturated heterocycles. The number of hydrogen-bond donors (Lipinski definition) is 1. The molecule has 150 valence electrons. The summed E-state index contributed by atoms with van der Waals surface area (Å²) >= 11 is 0. The Hall–Kier alpha value is -2.70. The van der Waals surface area contributed by atoms with Crippen LogP contribution in [0, 0.1) is 41.5 Å². The average molecular weight is 382 g/mol. The maximum absolute atomic E-state index is 4.66. The Morgan fingerprint density at radius 2 is 1.71 bits per heavy atom. The molecule has 0 bridgehead atoms. The van der Waals surface area contributed by atoms with E-state index in [1.165, 1.54) is 17.0 Å². The molecule has 0 fully saturated rings. The molecule has 0 saturated carbocycles. The van der Waals surface area contributed by atoms with Crippen molar-refractivity contribution in [1.29, 1.82) is 0 Å². The summed E-state index contributed by atoms with van der Waals surface area (Å²) in [4.78, 5) is 9.21. The lowest BCUT2D eigenvalue weighted by Gasteiger charge is -2.15. The highest BCUT2D eigenvalue weighted by atomic mass is 15.3. The monoisotopic (exact) mass is 381 g/mol. The average Bonchev–Trinajstić information content (AvgIpc) is 3.07. The molecule has 7 heteroatoms. The van der Waals surface area contributed by atoms with Crippen LogP contribution in [0.25, 0.3) is 0 Å². The van der Waals surface area contributed by atoms with E-state index < -0.39 is 0 Å². The van der Waals surface area contributed by atoms with Crippen molar-refractivity contribution in [1.82, 2.24) is 29.5 Å². The van der Waals surface area contributed by atoms with Crippen LogP contribution in [0.2, 0.25) is 0 Å². The molecular weight excluding hydrogens is 350 g/mol. The van der Waals surface area contributed by atoms with Crippen LogP contribution in [0.3, 0.4) is 0 Å². The molecule has 0 spiro atoms. The van der Waals surface area contributed by atoms with E-state index in [2.05, 4.69) is 76.9 Å². The molecule has 7 nitrogen and oxygen atoms in total. The van der Waals surface area contributed by atoms with Gasteiger partial charge in [-0.05, 0) is 53.2 Å². The Balaban J connectivity index is 1.68. The van der Waals surface area contributed by atoms with Crippen molar-refractivity contribution in [3.63, 3.8) is 0 Å². The van der Waals surface area contributed by atoms with Crippen LogP contribution in [0.15, 0.2) is 12.1 Å². The normalized spacial score (nSPS) is 12.4. The molecule has 28 heavy (non-hydrogen) atoms. The minimum Gasteiger partial charge on any atom is -0.368 e. The van der Waals surface area contributed by atoms with Crippen molar-refractivity contribution in [2.75, 3.05) is 11.9 Å². The molecule has 0 aromatic carbocycles. The fourth-order valence-electron chi connectivity index (χ4n) is 3.44. The summed E-state index contributed by atoms with van der Waals surface area (Å²) in [5, 5.41) is 12.6. The van der Waals surface area contributed by atoms with Gasteiger partial charge in [-0.2, -0.15) is 10.2 Å². The smallest absolute Gasteiger partial charge is 0.129 e. The molecule has 3 rings (SSSR count). The quantitative estimate of drug-likeness (QED) is 0.676. The number of aromatic nitrogens is 6. The van der Waals surface area contributed by atoms with Crippen molar-refractivity contribution in [3.05, 3.63) is 52.0 Å². The number of nitrogens with zero attached hydrogens (tertiary/aromatic N) is 6. The van der Waals surface area contributed by atoms with E-state index >= 15 is 0 Å². The predicted molar refractivity (Wildman–Crippen MR) is 112 cm³/mol. The van der Waals surface area contributed by atoms with Gasteiger partial charge in [0.15, 0.2) is 0 Å². The maximum Gasteiger partial charge on any atom is 0.129 e. The van der Waals surface area contributed by atoms with Gasteiger partial charge < -0.3 is 5.32 Å². The van der Waals surface area contributed by atoms with Crippen LogP contribution in [0.1, 0.15) is 52.7 Å². The lowest BCUT2D eigenvalue weighted by Crippen LogP contribution is -2.15. The van der Waals surface area contributed by atoms with Gasteiger partial charge in [-0.1, -0.05) is 6.92 Å². The fourth-order valence-corrected chi connectivity index (χ4v) is 3.44. The Labute approximate surface area is 167 Å². The van der Waals surface area contributed by atoms with Crippen molar-refractivity contribution in [2.24, 2.45) is 0 Å². The molecule has 1 atom stereocenters. The van der Waals surface area contributed by atoms with E-state index in [0.717, 1.165) is 48.4 Å². The topological polar surface area (TPSA) is 73.5 Å². The third-order valence-corrected chi connectivity index (χ3v) is 5.29. The van der Waals surface area contributed by atoms with Gasteiger partial charge in [0.25, 0.3) is 0 Å². The van der Waals surface area contributed by atoms with E-state index in [4.69, 9.17) is 0 Å². The summed E-state index contributed by atoms with van der Waals surface area (Å²) in [5.41, 5.74) is 6.83. The van der Waals surface area contributed by atoms with Gasteiger partial charge in [0, 0.05) is 36.5 Å². The highest BCUT2D eigenvalue weighted by Gasteiger charge is 2.14. The molecule has 3 heterocycles. The van der Waals surface area contributed by atoms with Crippen molar-refractivity contribution in [2.45, 2.75) is 67.5 Å². The van der Waals surface area contributed by atoms with Crippen LogP contribution in [0.4, 0.5) is 5.82 Å². The lowest BCUT2D eigenvalue weighted by atomic mass is 10.1. The van der Waals surface area contributed by atoms with E-state index in [-0.39, 0.29) is 5.92 Å². The second kappa shape index (κ2) is 8.12. The van der Waals surface area contributed by atoms with E-state index in [1.807, 2.05) is 18.5 Å². The van der Waals surface area contributed by atoms with Crippen molar-refractivity contribution >= 4 is 5.82 Å². The van der Waals surface area contributed by atoms with Crippen LogP contribution in [-0.2, 0) is 13.1 Å². The second-order valence-electron chi connectivity index (χ2n) is 7.68. The zero-order valence-corrected chi connectivity index (χ0v) is 18.0. The highest BCUT2D eigenvalue weighted by molar-refractivity contribution is 5.37. The van der Waals surface area contributed by atoms with Gasteiger partial charge in [-0.15, -0.1) is 0 Å². The summed E-state index contributed by atoms with van der Waals surface area (Å²) in [5.74, 6) is 1.89. The predicted octanol–water partition coefficient (Wildman–Crippen LogP) is 3.64. The van der Waals surface area contributed by atoms with Gasteiger partial charge in [-0.3, -0.25) is 9.36 Å². The summed E-state index contributed by atoms with van der Waals surface area (Å²) in [7, 11) is 0. The molecule has 0 radical (unpaired) electrons. The van der Waals surface area contributed by atoms with Gasteiger partial charge in [0.05, 0.1) is 23.6 Å².